The van der Waals surface area contributed by atoms with Crippen molar-refractivity contribution >= 4 is 28.6 Å². The molecule has 3 nitrogen and oxygen atoms in total. The van der Waals surface area contributed by atoms with Crippen LogP contribution in [0.15, 0.2) is 24.3 Å². The van der Waals surface area contributed by atoms with Gasteiger partial charge in [0, 0.05) is 0 Å². The van der Waals surface area contributed by atoms with Crippen molar-refractivity contribution in [2.45, 2.75) is 12.7 Å². The summed E-state index contributed by atoms with van der Waals surface area (Å²) in [6.45, 7) is 1.60. The zero-order chi connectivity index (χ0) is 10.7. The number of nitrogens with zero attached hydrogens (tertiary/aromatic N) is 1. The summed E-state index contributed by atoms with van der Waals surface area (Å²) in [5.74, 6) is 2.45. The van der Waals surface area contributed by atoms with Crippen LogP contribution in [-0.4, -0.2) is 21.5 Å². The van der Waals surface area contributed by atoms with Gasteiger partial charge >= 0.3 is 0 Å². The highest BCUT2D eigenvalue weighted by Crippen LogP contribution is 2.14. The Morgan fingerprint density at radius 2 is 2.27 bits per heavy atom. The number of carbonyl (C=O) groups excluding carboxylic acids is 1. The third kappa shape index (κ3) is 2.59. The van der Waals surface area contributed by atoms with Gasteiger partial charge in [-0.3, -0.25) is 4.79 Å². The van der Waals surface area contributed by atoms with Gasteiger partial charge in [-0.25, -0.2) is 4.98 Å². The lowest BCUT2D eigenvalue weighted by Gasteiger charge is -1.93. The number of aromatic nitrogens is 2. The summed E-state index contributed by atoms with van der Waals surface area (Å²) < 4.78 is 0. The van der Waals surface area contributed by atoms with Crippen molar-refractivity contribution < 1.29 is 4.79 Å². The first kappa shape index (κ1) is 10.2. The third-order valence-electron chi connectivity index (χ3n) is 1.98. The smallest absolute Gasteiger partial charge is 0.139 e. The number of thioether (sulfide) groups is 1. The highest BCUT2D eigenvalue weighted by atomic mass is 32.2. The second-order valence-corrected chi connectivity index (χ2v) is 4.38. The second kappa shape index (κ2) is 4.49. The van der Waals surface area contributed by atoms with E-state index in [1.54, 1.807) is 18.7 Å². The van der Waals surface area contributed by atoms with Gasteiger partial charge in [0.05, 0.1) is 22.5 Å². The number of imidazole rings is 1. The first-order chi connectivity index (χ1) is 7.25. The normalized spacial score (nSPS) is 10.7. The van der Waals surface area contributed by atoms with Crippen molar-refractivity contribution in [3.8, 4) is 0 Å². The maximum absolute atomic E-state index is 10.8. The summed E-state index contributed by atoms with van der Waals surface area (Å²) in [5, 5.41) is 0. The van der Waals surface area contributed by atoms with Crippen LogP contribution >= 0.6 is 11.8 Å². The first-order valence-electron chi connectivity index (χ1n) is 4.76. The summed E-state index contributed by atoms with van der Waals surface area (Å²) in [6.07, 6.45) is 0. The molecule has 0 radical (unpaired) electrons. The molecule has 0 saturated heterocycles. The van der Waals surface area contributed by atoms with E-state index < -0.39 is 0 Å². The van der Waals surface area contributed by atoms with Gasteiger partial charge in [0.1, 0.15) is 11.6 Å². The SMILES string of the molecule is CC(=O)CSCc1nc2ccccc2[nH]1. The number of H-pyrrole nitrogens is 1. The van der Waals surface area contributed by atoms with Crippen molar-refractivity contribution in [2.24, 2.45) is 0 Å². The molecule has 0 aliphatic heterocycles. The van der Waals surface area contributed by atoms with Crippen LogP contribution < -0.4 is 0 Å². The van der Waals surface area contributed by atoms with E-state index in [9.17, 15) is 4.79 Å². The number of Topliss-reactive ketones (excluding diaryl/α,β-unsaturated/α-hetero) is 1. The number of hydrogen-bond acceptors (Lipinski definition) is 3. The molecule has 0 spiro atoms. The maximum Gasteiger partial charge on any atom is 0.139 e. The summed E-state index contributed by atoms with van der Waals surface area (Å²) in [5.41, 5.74) is 2.03. The van der Waals surface area contributed by atoms with Crippen LogP contribution in [0.4, 0.5) is 0 Å². The highest BCUT2D eigenvalue weighted by Gasteiger charge is 2.02. The van der Waals surface area contributed by atoms with Crippen LogP contribution in [0.2, 0.25) is 0 Å². The van der Waals surface area contributed by atoms with E-state index in [4.69, 9.17) is 0 Å². The van der Waals surface area contributed by atoms with Gasteiger partial charge in [-0.1, -0.05) is 12.1 Å². The number of rotatable bonds is 4. The number of carbonyl (C=O) groups is 1. The zero-order valence-corrected chi connectivity index (χ0v) is 9.30. The number of benzene rings is 1. The molecule has 0 unspecified atom stereocenters. The molecule has 0 atom stereocenters. The van der Waals surface area contributed by atoms with Crippen molar-refractivity contribution in [2.75, 3.05) is 5.75 Å². The molecule has 1 aromatic carbocycles. The van der Waals surface area contributed by atoms with Crippen LogP contribution in [0.25, 0.3) is 11.0 Å². The maximum atomic E-state index is 10.8. The molecule has 1 N–H and O–H groups in total. The molecule has 0 aliphatic rings. The van der Waals surface area contributed by atoms with Gasteiger partial charge < -0.3 is 4.98 Å². The molecule has 1 heterocycles. The predicted octanol–water partition coefficient (Wildman–Crippen LogP) is 2.39. The molecule has 1 aromatic heterocycles. The van der Waals surface area contributed by atoms with Crippen molar-refractivity contribution in [1.82, 2.24) is 9.97 Å². The van der Waals surface area contributed by atoms with Gasteiger partial charge in [-0.15, -0.1) is 11.8 Å². The quantitative estimate of drug-likeness (QED) is 0.860. The average Bonchev–Trinajstić information content (AvgIpc) is 2.59. The van der Waals surface area contributed by atoms with Gasteiger partial charge in [0.2, 0.25) is 0 Å². The Bertz CT molecular complexity index is 445. The number of aromatic amines is 1. The lowest BCUT2D eigenvalue weighted by molar-refractivity contribution is -0.114. The van der Waals surface area contributed by atoms with Crippen molar-refractivity contribution in [3.63, 3.8) is 0 Å². The van der Waals surface area contributed by atoms with Crippen LogP contribution in [0.1, 0.15) is 12.7 Å². The topological polar surface area (TPSA) is 45.8 Å². The van der Waals surface area contributed by atoms with E-state index >= 15 is 0 Å². The van der Waals surface area contributed by atoms with Crippen LogP contribution in [-0.2, 0) is 10.5 Å². The summed E-state index contributed by atoms with van der Waals surface area (Å²) in [7, 11) is 0. The number of ketones is 1. The average molecular weight is 220 g/mol. The molecular formula is C11H12N2OS. The van der Waals surface area contributed by atoms with E-state index in [0.717, 1.165) is 22.6 Å². The van der Waals surface area contributed by atoms with Gasteiger partial charge in [-0.2, -0.15) is 0 Å². The molecule has 2 aromatic rings. The minimum atomic E-state index is 0.205. The molecule has 0 aliphatic carbocycles. The molecule has 78 valence electrons. The van der Waals surface area contributed by atoms with Gasteiger partial charge in [0.15, 0.2) is 0 Å². The van der Waals surface area contributed by atoms with Crippen molar-refractivity contribution in [1.29, 1.82) is 0 Å². The first-order valence-corrected chi connectivity index (χ1v) is 5.92. The molecular weight excluding hydrogens is 208 g/mol. The number of nitrogens with one attached hydrogen (secondary N) is 1. The standard InChI is InChI=1S/C11H12N2OS/c1-8(14)6-15-7-11-12-9-4-2-3-5-10(9)13-11/h2-5H,6-7H2,1H3,(H,12,13). The van der Waals surface area contributed by atoms with E-state index in [0.29, 0.717) is 5.75 Å². The lowest BCUT2D eigenvalue weighted by Crippen LogP contribution is -1.94. The Kier molecular flexibility index (Phi) is 3.06. The minimum Gasteiger partial charge on any atom is -0.341 e. The monoisotopic (exact) mass is 220 g/mol. The van der Waals surface area contributed by atoms with Crippen molar-refractivity contribution in [3.05, 3.63) is 30.1 Å². The summed E-state index contributed by atoms with van der Waals surface area (Å²) in [4.78, 5) is 18.4. The molecule has 4 heteroatoms. The minimum absolute atomic E-state index is 0.205. The Morgan fingerprint density at radius 3 is 3.00 bits per heavy atom. The second-order valence-electron chi connectivity index (χ2n) is 3.40. The summed E-state index contributed by atoms with van der Waals surface area (Å²) in [6, 6.07) is 7.93. The fourth-order valence-electron chi connectivity index (χ4n) is 1.37. The largest absolute Gasteiger partial charge is 0.341 e. The molecule has 0 bridgehead atoms. The number of hydrogen-bond donors (Lipinski definition) is 1. The highest BCUT2D eigenvalue weighted by molar-refractivity contribution is 7.99. The van der Waals surface area contributed by atoms with Gasteiger partial charge in [-0.05, 0) is 19.1 Å². The fraction of sp³-hybridized carbons (Fsp3) is 0.273. The van der Waals surface area contributed by atoms with E-state index in [-0.39, 0.29) is 5.78 Å². The Morgan fingerprint density at radius 1 is 1.47 bits per heavy atom. The van der Waals surface area contributed by atoms with Gasteiger partial charge in [0.25, 0.3) is 0 Å². The zero-order valence-electron chi connectivity index (χ0n) is 8.49. The third-order valence-corrected chi connectivity index (χ3v) is 3.07. The van der Waals surface area contributed by atoms with E-state index in [1.807, 2.05) is 24.3 Å². The number of para-hydroxylation sites is 2. The molecule has 0 amide bonds. The molecule has 0 saturated carbocycles. The molecule has 15 heavy (non-hydrogen) atoms. The van der Waals surface area contributed by atoms with E-state index in [2.05, 4.69) is 9.97 Å². The fourth-order valence-corrected chi connectivity index (χ4v) is 2.09. The lowest BCUT2D eigenvalue weighted by atomic mass is 10.3. The Hall–Kier alpha value is -1.29. The summed E-state index contributed by atoms with van der Waals surface area (Å²) >= 11 is 1.59. The van der Waals surface area contributed by atoms with E-state index in [1.165, 1.54) is 0 Å². The number of fused-ring (bicyclic) bond motifs is 1. The van der Waals surface area contributed by atoms with Crippen LogP contribution in [0, 0.1) is 0 Å². The Labute approximate surface area is 92.3 Å². The molecule has 0 fully saturated rings. The predicted molar refractivity (Wildman–Crippen MR) is 62.9 cm³/mol. The molecule has 2 rings (SSSR count). The van der Waals surface area contributed by atoms with Crippen LogP contribution in [0.3, 0.4) is 0 Å². The van der Waals surface area contributed by atoms with Crippen LogP contribution in [0.5, 0.6) is 0 Å². The Balaban J connectivity index is 2.05.